The predicted molar refractivity (Wildman–Crippen MR) is 123 cm³/mol. The zero-order valence-corrected chi connectivity index (χ0v) is 18.5. The van der Waals surface area contributed by atoms with Crippen molar-refractivity contribution in [2.45, 2.75) is 38.3 Å². The number of aryl methyl sites for hydroxylation is 1. The van der Waals surface area contributed by atoms with Gasteiger partial charge in [-0.2, -0.15) is 0 Å². The summed E-state index contributed by atoms with van der Waals surface area (Å²) in [6, 6.07) is 10.7. The summed E-state index contributed by atoms with van der Waals surface area (Å²) >= 11 is 0. The fourth-order valence-corrected chi connectivity index (χ4v) is 4.58. The fraction of sp³-hybridized carbons (Fsp3) is 0.360. The predicted octanol–water partition coefficient (Wildman–Crippen LogP) is 1.97. The third-order valence-corrected chi connectivity index (χ3v) is 6.33. The van der Waals surface area contributed by atoms with Crippen molar-refractivity contribution in [3.63, 3.8) is 0 Å². The summed E-state index contributed by atoms with van der Waals surface area (Å²) in [5, 5.41) is 4.91. The van der Waals surface area contributed by atoms with E-state index in [-0.39, 0.29) is 12.5 Å². The number of aromatic nitrogens is 1. The van der Waals surface area contributed by atoms with Crippen molar-refractivity contribution < 1.29 is 14.4 Å². The Kier molecular flexibility index (Phi) is 5.25. The van der Waals surface area contributed by atoms with Gasteiger partial charge in [-0.1, -0.05) is 29.7 Å². The third kappa shape index (κ3) is 4.02. The van der Waals surface area contributed by atoms with Gasteiger partial charge < -0.3 is 15.1 Å². The molecule has 8 heteroatoms. The number of piperidine rings is 1. The summed E-state index contributed by atoms with van der Waals surface area (Å²) in [4.78, 5) is 46.2. The van der Waals surface area contributed by atoms with Crippen LogP contribution < -0.4 is 15.5 Å². The van der Waals surface area contributed by atoms with Crippen LogP contribution in [0.4, 0.5) is 10.6 Å². The summed E-state index contributed by atoms with van der Waals surface area (Å²) in [5.74, 6) is 6.04. The Morgan fingerprint density at radius 3 is 2.67 bits per heavy atom. The molecular formula is C25H25N5O3. The maximum atomic E-state index is 13.0. The highest BCUT2D eigenvalue weighted by Gasteiger charge is 2.48. The second kappa shape index (κ2) is 8.24. The molecule has 1 unspecified atom stereocenters. The Labute approximate surface area is 192 Å². The highest BCUT2D eigenvalue weighted by Crippen LogP contribution is 2.26. The molecule has 0 radical (unpaired) electrons. The number of nitrogens with zero attached hydrogens (tertiary/aromatic N) is 3. The first-order valence-corrected chi connectivity index (χ1v) is 11.2. The number of fused-ring (bicyclic) bond motifs is 1. The minimum Gasteiger partial charge on any atom is -0.357 e. The van der Waals surface area contributed by atoms with Crippen molar-refractivity contribution in [1.29, 1.82) is 0 Å². The van der Waals surface area contributed by atoms with E-state index in [0.717, 1.165) is 42.9 Å². The van der Waals surface area contributed by atoms with Crippen LogP contribution >= 0.6 is 0 Å². The normalized spacial score (nSPS) is 21.9. The van der Waals surface area contributed by atoms with Crippen molar-refractivity contribution in [2.75, 3.05) is 24.5 Å². The minimum atomic E-state index is -1.54. The summed E-state index contributed by atoms with van der Waals surface area (Å²) < 4.78 is 0. The molecule has 0 spiro atoms. The van der Waals surface area contributed by atoms with Crippen LogP contribution in [0.1, 0.15) is 46.4 Å². The molecule has 2 aromatic rings. The van der Waals surface area contributed by atoms with Crippen LogP contribution in [-0.4, -0.2) is 52.9 Å². The number of anilines is 1. The molecule has 1 atom stereocenters. The van der Waals surface area contributed by atoms with E-state index in [1.54, 1.807) is 11.0 Å². The lowest BCUT2D eigenvalue weighted by Crippen LogP contribution is -2.54. The average Bonchev–Trinajstić information content (AvgIpc) is 3.28. The lowest BCUT2D eigenvalue weighted by atomic mass is 9.99. The second-order valence-electron chi connectivity index (χ2n) is 8.81. The first kappa shape index (κ1) is 21.0. The lowest BCUT2D eigenvalue weighted by Gasteiger charge is -2.27. The largest absolute Gasteiger partial charge is 0.357 e. The van der Waals surface area contributed by atoms with Gasteiger partial charge in [0.15, 0.2) is 0 Å². The van der Waals surface area contributed by atoms with Crippen LogP contribution in [0.15, 0.2) is 36.4 Å². The average molecular weight is 444 g/mol. The van der Waals surface area contributed by atoms with E-state index >= 15 is 0 Å². The van der Waals surface area contributed by atoms with Crippen molar-refractivity contribution in [1.82, 2.24) is 20.5 Å². The van der Waals surface area contributed by atoms with Crippen LogP contribution in [0.5, 0.6) is 0 Å². The highest BCUT2D eigenvalue weighted by atomic mass is 16.2. The molecule has 8 nitrogen and oxygen atoms in total. The van der Waals surface area contributed by atoms with Gasteiger partial charge in [-0.25, -0.2) is 9.78 Å². The highest BCUT2D eigenvalue weighted by molar-refractivity contribution is 6.10. The molecule has 4 amide bonds. The molecule has 3 aliphatic rings. The maximum Gasteiger partial charge on any atom is 0.323 e. The number of hydrogen-bond donors (Lipinski definition) is 2. The van der Waals surface area contributed by atoms with E-state index < -0.39 is 17.5 Å². The minimum absolute atomic E-state index is 0.0457. The quantitative estimate of drug-likeness (QED) is 0.559. The van der Waals surface area contributed by atoms with Crippen LogP contribution in [-0.2, 0) is 11.3 Å². The smallest absolute Gasteiger partial charge is 0.323 e. The molecule has 0 saturated carbocycles. The number of carbonyl (C=O) groups excluding carboxylic acids is 3. The Morgan fingerprint density at radius 2 is 1.91 bits per heavy atom. The standard InChI is InChI=1S/C25H25N5O3/c1-17-8-9-18-15-30(22(31)20(18)14-17)16-25(23(32)27-24(33)28-25)11-10-19-6-5-7-21(26-19)29-12-3-2-4-13-29/h5-9,14H,2-4,12-13,15-16H2,1H3,(H2,27,28,32,33). The Hall–Kier alpha value is -3.86. The number of carbonyl (C=O) groups is 3. The molecule has 168 valence electrons. The number of rotatable bonds is 3. The number of hydrogen-bond acceptors (Lipinski definition) is 5. The Morgan fingerprint density at radius 1 is 1.09 bits per heavy atom. The van der Waals surface area contributed by atoms with Crippen molar-refractivity contribution >= 4 is 23.7 Å². The van der Waals surface area contributed by atoms with Gasteiger partial charge in [0, 0.05) is 25.2 Å². The number of benzene rings is 1. The van der Waals surface area contributed by atoms with Crippen LogP contribution in [0.2, 0.25) is 0 Å². The van der Waals surface area contributed by atoms with Gasteiger partial charge in [0.2, 0.25) is 5.54 Å². The van der Waals surface area contributed by atoms with Crippen LogP contribution in [0, 0.1) is 18.8 Å². The van der Waals surface area contributed by atoms with Crippen LogP contribution in [0.3, 0.4) is 0 Å². The van der Waals surface area contributed by atoms with E-state index in [2.05, 4.69) is 32.4 Å². The van der Waals surface area contributed by atoms with Crippen molar-refractivity contribution in [3.8, 4) is 11.8 Å². The lowest BCUT2D eigenvalue weighted by molar-refractivity contribution is -0.122. The molecule has 0 aliphatic carbocycles. The molecule has 3 aliphatic heterocycles. The van der Waals surface area contributed by atoms with Crippen molar-refractivity contribution in [3.05, 3.63) is 58.8 Å². The molecule has 4 heterocycles. The van der Waals surface area contributed by atoms with Gasteiger partial charge in [-0.05, 0) is 55.9 Å². The van der Waals surface area contributed by atoms with E-state index in [1.807, 2.05) is 37.3 Å². The zero-order chi connectivity index (χ0) is 23.0. The molecule has 1 aromatic carbocycles. The molecule has 1 aromatic heterocycles. The third-order valence-electron chi connectivity index (χ3n) is 6.33. The summed E-state index contributed by atoms with van der Waals surface area (Å²) in [6.45, 7) is 4.17. The summed E-state index contributed by atoms with van der Waals surface area (Å²) in [7, 11) is 0. The van der Waals surface area contributed by atoms with E-state index in [9.17, 15) is 14.4 Å². The van der Waals surface area contributed by atoms with Gasteiger partial charge >= 0.3 is 6.03 Å². The SMILES string of the molecule is Cc1ccc2c(c1)C(=O)N(CC1(C#Cc3cccc(N4CCCCC4)n3)NC(=O)NC1=O)C2. The first-order chi connectivity index (χ1) is 15.9. The van der Waals surface area contributed by atoms with Gasteiger partial charge in [-0.15, -0.1) is 0 Å². The number of nitrogens with one attached hydrogen (secondary N) is 2. The van der Waals surface area contributed by atoms with E-state index in [1.165, 1.54) is 6.42 Å². The van der Waals surface area contributed by atoms with Crippen LogP contribution in [0.25, 0.3) is 0 Å². The number of urea groups is 1. The molecule has 2 saturated heterocycles. The van der Waals surface area contributed by atoms with E-state index in [4.69, 9.17) is 0 Å². The summed E-state index contributed by atoms with van der Waals surface area (Å²) in [6.07, 6.45) is 3.50. The topological polar surface area (TPSA) is 94.6 Å². The molecule has 2 N–H and O–H groups in total. The number of pyridine rings is 1. The zero-order valence-electron chi connectivity index (χ0n) is 18.5. The monoisotopic (exact) mass is 443 g/mol. The molecular weight excluding hydrogens is 418 g/mol. The van der Waals surface area contributed by atoms with E-state index in [0.29, 0.717) is 17.8 Å². The number of amides is 4. The molecule has 5 rings (SSSR count). The first-order valence-electron chi connectivity index (χ1n) is 11.2. The summed E-state index contributed by atoms with van der Waals surface area (Å²) in [5.41, 5.74) is 1.49. The van der Waals surface area contributed by atoms with Crippen molar-refractivity contribution in [2.24, 2.45) is 0 Å². The Bertz CT molecular complexity index is 1210. The fourth-order valence-electron chi connectivity index (χ4n) is 4.58. The number of imide groups is 1. The van der Waals surface area contributed by atoms with Gasteiger partial charge in [0.25, 0.3) is 11.8 Å². The van der Waals surface area contributed by atoms with Gasteiger partial charge in [0.1, 0.15) is 11.5 Å². The maximum absolute atomic E-state index is 13.0. The molecule has 0 bridgehead atoms. The second-order valence-corrected chi connectivity index (χ2v) is 8.81. The molecule has 2 fully saturated rings. The Balaban J connectivity index is 1.42. The van der Waals surface area contributed by atoms with Gasteiger partial charge in [0.05, 0.1) is 6.54 Å². The van der Waals surface area contributed by atoms with Gasteiger partial charge in [-0.3, -0.25) is 14.9 Å². The molecule has 33 heavy (non-hydrogen) atoms.